The number of nitrogens with zero attached hydrogens (tertiary/aromatic N) is 3. The second-order valence-electron chi connectivity index (χ2n) is 5.41. The van der Waals surface area contributed by atoms with Crippen molar-refractivity contribution in [2.45, 2.75) is 31.7 Å². The summed E-state index contributed by atoms with van der Waals surface area (Å²) in [5, 5.41) is 0. The molecule has 0 aliphatic carbocycles. The van der Waals surface area contributed by atoms with Gasteiger partial charge in [0.25, 0.3) is 5.91 Å². The highest BCUT2D eigenvalue weighted by molar-refractivity contribution is 5.93. The lowest BCUT2D eigenvalue weighted by Crippen LogP contribution is -2.45. The molecule has 110 valence electrons. The number of pyridine rings is 1. The molecule has 1 aliphatic rings. The summed E-state index contributed by atoms with van der Waals surface area (Å²) in [6.45, 7) is 0.657. The van der Waals surface area contributed by atoms with Gasteiger partial charge in [-0.3, -0.25) is 9.59 Å². The molecule has 1 saturated heterocycles. The maximum absolute atomic E-state index is 12.7. The molecule has 2 aromatic rings. The molecule has 6 heteroatoms. The number of primary amides is 1. The number of aromatic nitrogens is 2. The van der Waals surface area contributed by atoms with Crippen LogP contribution in [0.15, 0.2) is 30.6 Å². The number of fused-ring (bicyclic) bond motifs is 1. The van der Waals surface area contributed by atoms with Gasteiger partial charge in [-0.15, -0.1) is 0 Å². The molecule has 3 rings (SSSR count). The molecule has 21 heavy (non-hydrogen) atoms. The number of carbonyl (C=O) groups excluding carboxylic acids is 2. The summed E-state index contributed by atoms with van der Waals surface area (Å²) in [7, 11) is 0. The quantitative estimate of drug-likeness (QED) is 0.920. The summed E-state index contributed by atoms with van der Waals surface area (Å²) >= 11 is 0. The number of rotatable bonds is 3. The molecule has 0 saturated carbocycles. The van der Waals surface area contributed by atoms with Crippen molar-refractivity contribution in [3.05, 3.63) is 36.3 Å². The van der Waals surface area contributed by atoms with E-state index in [-0.39, 0.29) is 24.3 Å². The zero-order chi connectivity index (χ0) is 14.8. The summed E-state index contributed by atoms with van der Waals surface area (Å²) in [5.41, 5.74) is 6.44. The van der Waals surface area contributed by atoms with Gasteiger partial charge in [-0.05, 0) is 31.4 Å². The fourth-order valence-electron chi connectivity index (χ4n) is 2.90. The van der Waals surface area contributed by atoms with Crippen molar-refractivity contribution in [1.29, 1.82) is 0 Å². The molecular formula is C15H18N4O2. The van der Waals surface area contributed by atoms with Crippen LogP contribution in [0, 0.1) is 0 Å². The molecule has 0 bridgehead atoms. The number of amides is 2. The molecule has 3 heterocycles. The van der Waals surface area contributed by atoms with Crippen LogP contribution in [0.1, 0.15) is 36.2 Å². The lowest BCUT2D eigenvalue weighted by Gasteiger charge is -2.34. The lowest BCUT2D eigenvalue weighted by molar-refractivity contribution is -0.119. The van der Waals surface area contributed by atoms with E-state index in [0.29, 0.717) is 12.2 Å². The molecule has 2 amide bonds. The number of carbonyl (C=O) groups is 2. The van der Waals surface area contributed by atoms with Gasteiger partial charge in [0, 0.05) is 31.4 Å². The second kappa shape index (κ2) is 5.55. The maximum Gasteiger partial charge on any atom is 0.274 e. The highest BCUT2D eigenvalue weighted by Gasteiger charge is 2.29. The third-order valence-electron chi connectivity index (χ3n) is 3.91. The number of nitrogens with two attached hydrogens (primary N) is 1. The average Bonchev–Trinajstić information content (AvgIpc) is 2.90. The fourth-order valence-corrected chi connectivity index (χ4v) is 2.90. The molecule has 0 spiro atoms. The van der Waals surface area contributed by atoms with Crippen molar-refractivity contribution in [3.63, 3.8) is 0 Å². The zero-order valence-electron chi connectivity index (χ0n) is 11.7. The van der Waals surface area contributed by atoms with E-state index < -0.39 is 0 Å². The molecule has 1 atom stereocenters. The molecule has 0 unspecified atom stereocenters. The average molecular weight is 286 g/mol. The normalized spacial score (nSPS) is 18.9. The first-order valence-electron chi connectivity index (χ1n) is 7.18. The van der Waals surface area contributed by atoms with Crippen molar-refractivity contribution in [3.8, 4) is 0 Å². The van der Waals surface area contributed by atoms with Crippen LogP contribution in [0.4, 0.5) is 0 Å². The van der Waals surface area contributed by atoms with Gasteiger partial charge in [0.1, 0.15) is 11.3 Å². The van der Waals surface area contributed by atoms with Crippen molar-refractivity contribution in [2.75, 3.05) is 6.54 Å². The topological polar surface area (TPSA) is 80.7 Å². The molecule has 1 aliphatic heterocycles. The number of piperidine rings is 1. The first-order chi connectivity index (χ1) is 10.1. The van der Waals surface area contributed by atoms with Crippen molar-refractivity contribution in [1.82, 2.24) is 14.3 Å². The van der Waals surface area contributed by atoms with Gasteiger partial charge in [0.05, 0.1) is 0 Å². The van der Waals surface area contributed by atoms with E-state index in [1.54, 1.807) is 11.1 Å². The van der Waals surface area contributed by atoms with Crippen LogP contribution < -0.4 is 5.73 Å². The monoisotopic (exact) mass is 286 g/mol. The third-order valence-corrected chi connectivity index (χ3v) is 3.91. The van der Waals surface area contributed by atoms with E-state index >= 15 is 0 Å². The molecule has 1 fully saturated rings. The Morgan fingerprint density at radius 2 is 2.19 bits per heavy atom. The molecule has 2 aromatic heterocycles. The first-order valence-corrected chi connectivity index (χ1v) is 7.18. The van der Waals surface area contributed by atoms with Crippen LogP contribution in [-0.4, -0.2) is 38.7 Å². The summed E-state index contributed by atoms with van der Waals surface area (Å²) in [6, 6.07) is 5.52. The summed E-state index contributed by atoms with van der Waals surface area (Å²) in [6.07, 6.45) is 6.60. The molecule has 6 nitrogen and oxygen atoms in total. The lowest BCUT2D eigenvalue weighted by atomic mass is 9.98. The van der Waals surface area contributed by atoms with Gasteiger partial charge in [-0.2, -0.15) is 0 Å². The predicted octanol–water partition coefficient (Wildman–Crippen LogP) is 1.20. The number of hydrogen-bond acceptors (Lipinski definition) is 3. The zero-order valence-corrected chi connectivity index (χ0v) is 11.7. The highest BCUT2D eigenvalue weighted by Crippen LogP contribution is 2.21. The Labute approximate surface area is 122 Å². The third kappa shape index (κ3) is 2.74. The van der Waals surface area contributed by atoms with Crippen LogP contribution in [0.5, 0.6) is 0 Å². The van der Waals surface area contributed by atoms with Crippen LogP contribution >= 0.6 is 0 Å². The van der Waals surface area contributed by atoms with Gasteiger partial charge < -0.3 is 15.0 Å². The van der Waals surface area contributed by atoms with Gasteiger partial charge in [-0.1, -0.05) is 6.07 Å². The molecule has 0 radical (unpaired) electrons. The Balaban J connectivity index is 1.86. The van der Waals surface area contributed by atoms with E-state index in [9.17, 15) is 9.59 Å². The van der Waals surface area contributed by atoms with Gasteiger partial charge in [0.15, 0.2) is 0 Å². The van der Waals surface area contributed by atoms with E-state index in [1.165, 1.54) is 0 Å². The van der Waals surface area contributed by atoms with Crippen LogP contribution in [0.25, 0.3) is 5.65 Å². The maximum atomic E-state index is 12.7. The Kier molecular flexibility index (Phi) is 3.60. The minimum Gasteiger partial charge on any atom is -0.370 e. The van der Waals surface area contributed by atoms with Crippen molar-refractivity contribution < 1.29 is 9.59 Å². The Morgan fingerprint density at radius 3 is 2.95 bits per heavy atom. The minimum atomic E-state index is -0.366. The van der Waals surface area contributed by atoms with E-state index in [1.807, 2.05) is 28.8 Å². The van der Waals surface area contributed by atoms with Crippen LogP contribution in [0.2, 0.25) is 0 Å². The highest BCUT2D eigenvalue weighted by atomic mass is 16.2. The predicted molar refractivity (Wildman–Crippen MR) is 77.7 cm³/mol. The largest absolute Gasteiger partial charge is 0.370 e. The SMILES string of the molecule is NC(=O)C[C@@H]1CCCCN1C(=O)c1cn2ccccc2n1. The summed E-state index contributed by atoms with van der Waals surface area (Å²) in [4.78, 5) is 29.9. The number of imidazole rings is 1. The second-order valence-corrected chi connectivity index (χ2v) is 5.41. The Morgan fingerprint density at radius 1 is 1.33 bits per heavy atom. The van der Waals surface area contributed by atoms with Gasteiger partial charge in [0.2, 0.25) is 5.91 Å². The summed E-state index contributed by atoms with van der Waals surface area (Å²) < 4.78 is 1.82. The first kappa shape index (κ1) is 13.6. The Hall–Kier alpha value is -2.37. The molecule has 2 N–H and O–H groups in total. The van der Waals surface area contributed by atoms with Gasteiger partial charge in [-0.25, -0.2) is 4.98 Å². The smallest absolute Gasteiger partial charge is 0.274 e. The van der Waals surface area contributed by atoms with E-state index in [4.69, 9.17) is 5.73 Å². The number of hydrogen-bond donors (Lipinski definition) is 1. The minimum absolute atomic E-state index is 0.103. The van der Waals surface area contributed by atoms with Crippen LogP contribution in [0.3, 0.4) is 0 Å². The van der Waals surface area contributed by atoms with Crippen molar-refractivity contribution in [2.24, 2.45) is 5.73 Å². The Bertz CT molecular complexity index is 646. The molecular weight excluding hydrogens is 268 g/mol. The van der Waals surface area contributed by atoms with Gasteiger partial charge >= 0.3 is 0 Å². The van der Waals surface area contributed by atoms with Crippen LogP contribution in [-0.2, 0) is 4.79 Å². The fraction of sp³-hybridized carbons (Fsp3) is 0.400. The number of likely N-dealkylation sites (tertiary alicyclic amines) is 1. The molecule has 0 aromatic carbocycles. The summed E-state index contributed by atoms with van der Waals surface area (Å²) in [5.74, 6) is -0.487. The standard InChI is InChI=1S/C15H18N4O2/c16-13(20)9-11-5-1-4-8-19(11)15(21)12-10-18-7-3-2-6-14(18)17-12/h2-3,6-7,10-11H,1,4-5,8-9H2,(H2,16,20)/t11-/m0/s1. The van der Waals surface area contributed by atoms with E-state index in [0.717, 1.165) is 24.9 Å². The van der Waals surface area contributed by atoms with E-state index in [2.05, 4.69) is 4.98 Å². The van der Waals surface area contributed by atoms with Crippen molar-refractivity contribution >= 4 is 17.5 Å².